The summed E-state index contributed by atoms with van der Waals surface area (Å²) in [5.41, 5.74) is 6.39. The van der Waals surface area contributed by atoms with Gasteiger partial charge >= 0.3 is 0 Å². The van der Waals surface area contributed by atoms with E-state index in [0.29, 0.717) is 17.4 Å². The number of hydrogen-bond acceptors (Lipinski definition) is 4. The van der Waals surface area contributed by atoms with Crippen molar-refractivity contribution in [3.63, 3.8) is 0 Å². The third kappa shape index (κ3) is 6.20. The molecule has 2 saturated heterocycles. The molecule has 0 N–H and O–H groups in total. The maximum atomic E-state index is 13.3. The molecule has 5 rings (SSSR count). The van der Waals surface area contributed by atoms with Crippen molar-refractivity contribution in [1.29, 1.82) is 0 Å². The van der Waals surface area contributed by atoms with E-state index < -0.39 is 0 Å². The van der Waals surface area contributed by atoms with E-state index in [4.69, 9.17) is 11.6 Å². The van der Waals surface area contributed by atoms with Gasteiger partial charge in [-0.15, -0.1) is 0 Å². The van der Waals surface area contributed by atoms with Gasteiger partial charge in [-0.25, -0.2) is 9.97 Å². The van der Waals surface area contributed by atoms with E-state index in [1.54, 1.807) is 0 Å². The molecule has 1 unspecified atom stereocenters. The highest BCUT2D eigenvalue weighted by Gasteiger charge is 2.40. The lowest BCUT2D eigenvalue weighted by atomic mass is 9.75. The summed E-state index contributed by atoms with van der Waals surface area (Å²) in [4.78, 5) is 26.5. The highest BCUT2D eigenvalue weighted by Crippen LogP contribution is 2.39. The Labute approximate surface area is 238 Å². The van der Waals surface area contributed by atoms with Crippen LogP contribution in [-0.4, -0.2) is 57.4 Å². The zero-order chi connectivity index (χ0) is 27.6. The van der Waals surface area contributed by atoms with Gasteiger partial charge in [0, 0.05) is 23.7 Å². The summed E-state index contributed by atoms with van der Waals surface area (Å²) in [5, 5.41) is 0.813. The SMILES string of the molecule is Cc1ccc(C(Cc2cccc(Cl)c2)C2CCN(C3(C)CCN(C(=O)c4c(C)ncnc4C)CC3)CC2)cc1. The van der Waals surface area contributed by atoms with Gasteiger partial charge in [-0.1, -0.05) is 53.6 Å². The van der Waals surface area contributed by atoms with Crippen molar-refractivity contribution < 1.29 is 4.79 Å². The molecule has 1 amide bonds. The molecule has 0 bridgehead atoms. The van der Waals surface area contributed by atoms with E-state index in [9.17, 15) is 4.79 Å². The minimum Gasteiger partial charge on any atom is -0.338 e. The van der Waals surface area contributed by atoms with Crippen molar-refractivity contribution in [2.45, 2.75) is 71.3 Å². The van der Waals surface area contributed by atoms with Crippen molar-refractivity contribution in [2.75, 3.05) is 26.2 Å². The molecule has 0 aliphatic carbocycles. The van der Waals surface area contributed by atoms with E-state index in [1.165, 1.54) is 35.9 Å². The van der Waals surface area contributed by atoms with Gasteiger partial charge in [-0.2, -0.15) is 0 Å². The lowest BCUT2D eigenvalue weighted by molar-refractivity contribution is 0.00881. The molecule has 5 nitrogen and oxygen atoms in total. The summed E-state index contributed by atoms with van der Waals surface area (Å²) < 4.78 is 0. The second kappa shape index (κ2) is 11.8. The Morgan fingerprint density at radius 1 is 0.974 bits per heavy atom. The molecule has 3 aromatic rings. The number of likely N-dealkylation sites (tertiary alicyclic amines) is 2. The van der Waals surface area contributed by atoms with E-state index in [2.05, 4.69) is 71.2 Å². The topological polar surface area (TPSA) is 49.3 Å². The predicted octanol–water partition coefficient (Wildman–Crippen LogP) is 6.79. The van der Waals surface area contributed by atoms with Crippen LogP contribution in [0, 0.1) is 26.7 Å². The first-order valence-corrected chi connectivity index (χ1v) is 14.7. The third-order valence-corrected chi connectivity index (χ3v) is 9.53. The number of carbonyl (C=O) groups excluding carboxylic acids is 1. The maximum Gasteiger partial charge on any atom is 0.257 e. The molecule has 206 valence electrons. The van der Waals surface area contributed by atoms with Gasteiger partial charge in [-0.3, -0.25) is 9.69 Å². The van der Waals surface area contributed by atoms with Crippen LogP contribution in [0.25, 0.3) is 0 Å². The molecule has 0 radical (unpaired) electrons. The van der Waals surface area contributed by atoms with Crippen LogP contribution in [0.4, 0.5) is 0 Å². The molecular weight excluding hydrogens is 504 g/mol. The molecule has 3 heterocycles. The number of halogens is 1. The minimum atomic E-state index is 0.0771. The number of benzene rings is 2. The molecule has 2 aliphatic heterocycles. The highest BCUT2D eigenvalue weighted by molar-refractivity contribution is 6.30. The summed E-state index contributed by atoms with van der Waals surface area (Å²) in [6.07, 6.45) is 6.94. The fourth-order valence-electron chi connectivity index (χ4n) is 6.70. The minimum absolute atomic E-state index is 0.0771. The Morgan fingerprint density at radius 3 is 2.23 bits per heavy atom. The first kappa shape index (κ1) is 27.8. The number of aryl methyl sites for hydroxylation is 3. The molecule has 39 heavy (non-hydrogen) atoms. The predicted molar refractivity (Wildman–Crippen MR) is 158 cm³/mol. The van der Waals surface area contributed by atoms with Gasteiger partial charge in [0.15, 0.2) is 0 Å². The Kier molecular flexibility index (Phi) is 8.39. The number of aromatic nitrogens is 2. The second-order valence-corrected chi connectivity index (χ2v) is 12.3. The van der Waals surface area contributed by atoms with Gasteiger partial charge in [0.1, 0.15) is 6.33 Å². The van der Waals surface area contributed by atoms with E-state index in [-0.39, 0.29) is 11.4 Å². The number of amides is 1. The molecular formula is C33H41ClN4O. The normalized spacial score (nSPS) is 19.2. The van der Waals surface area contributed by atoms with E-state index in [0.717, 1.165) is 61.9 Å². The standard InChI is InChI=1S/C33H41ClN4O/c1-23-8-10-27(11-9-23)30(21-26-6-5-7-29(34)20-26)28-12-16-38(17-13-28)33(4)14-18-37(19-15-33)32(39)31-24(2)35-22-36-25(31)3/h5-11,20,22,28,30H,12-19,21H2,1-4H3. The summed E-state index contributed by atoms with van der Waals surface area (Å²) in [5.74, 6) is 1.20. The van der Waals surface area contributed by atoms with Crippen LogP contribution in [0.3, 0.4) is 0 Å². The zero-order valence-corrected chi connectivity index (χ0v) is 24.5. The fourth-order valence-corrected chi connectivity index (χ4v) is 6.91. The van der Waals surface area contributed by atoms with E-state index >= 15 is 0 Å². The Hall–Kier alpha value is -2.76. The third-order valence-electron chi connectivity index (χ3n) is 9.29. The lowest BCUT2D eigenvalue weighted by Gasteiger charge is -2.50. The molecule has 0 spiro atoms. The number of nitrogens with zero attached hydrogens (tertiary/aromatic N) is 4. The summed E-state index contributed by atoms with van der Waals surface area (Å²) in [7, 11) is 0. The quantitative estimate of drug-likeness (QED) is 0.343. The molecule has 1 atom stereocenters. The van der Waals surface area contributed by atoms with Crippen LogP contribution in [0.2, 0.25) is 5.02 Å². The summed E-state index contributed by atoms with van der Waals surface area (Å²) >= 11 is 6.34. The molecule has 0 saturated carbocycles. The van der Waals surface area contributed by atoms with E-state index in [1.807, 2.05) is 24.8 Å². The number of carbonyl (C=O) groups is 1. The number of rotatable bonds is 6. The molecule has 2 aliphatic rings. The summed E-state index contributed by atoms with van der Waals surface area (Å²) in [6, 6.07) is 17.5. The van der Waals surface area contributed by atoms with Gasteiger partial charge in [0.05, 0.1) is 17.0 Å². The van der Waals surface area contributed by atoms with Crippen molar-refractivity contribution in [3.8, 4) is 0 Å². The molecule has 6 heteroatoms. The van der Waals surface area contributed by atoms with Crippen molar-refractivity contribution in [1.82, 2.24) is 19.8 Å². The first-order valence-electron chi connectivity index (χ1n) is 14.4. The maximum absolute atomic E-state index is 13.3. The smallest absolute Gasteiger partial charge is 0.257 e. The van der Waals surface area contributed by atoms with Gasteiger partial charge in [0.2, 0.25) is 0 Å². The Morgan fingerprint density at radius 2 is 1.62 bits per heavy atom. The largest absolute Gasteiger partial charge is 0.338 e. The lowest BCUT2D eigenvalue weighted by Crippen LogP contribution is -2.56. The molecule has 2 aromatic carbocycles. The van der Waals surface area contributed by atoms with Crippen LogP contribution >= 0.6 is 11.6 Å². The van der Waals surface area contributed by atoms with Crippen molar-refractivity contribution in [3.05, 3.63) is 93.5 Å². The van der Waals surface area contributed by atoms with Crippen LogP contribution in [0.15, 0.2) is 54.9 Å². The van der Waals surface area contributed by atoms with Crippen molar-refractivity contribution in [2.24, 2.45) is 5.92 Å². The first-order chi connectivity index (χ1) is 18.7. The summed E-state index contributed by atoms with van der Waals surface area (Å²) in [6.45, 7) is 12.1. The zero-order valence-electron chi connectivity index (χ0n) is 23.8. The number of hydrogen-bond donors (Lipinski definition) is 0. The van der Waals surface area contributed by atoms with Gasteiger partial charge in [-0.05, 0) is 108 Å². The van der Waals surface area contributed by atoms with Crippen LogP contribution in [0.1, 0.15) is 77.0 Å². The van der Waals surface area contributed by atoms with Crippen LogP contribution in [-0.2, 0) is 6.42 Å². The van der Waals surface area contributed by atoms with Crippen LogP contribution < -0.4 is 0 Å². The molecule has 2 fully saturated rings. The van der Waals surface area contributed by atoms with Gasteiger partial charge in [0.25, 0.3) is 5.91 Å². The highest BCUT2D eigenvalue weighted by atomic mass is 35.5. The van der Waals surface area contributed by atoms with Crippen molar-refractivity contribution >= 4 is 17.5 Å². The average Bonchev–Trinajstić information content (AvgIpc) is 2.93. The average molecular weight is 545 g/mol. The molecule has 1 aromatic heterocycles. The monoisotopic (exact) mass is 544 g/mol. The van der Waals surface area contributed by atoms with Crippen LogP contribution in [0.5, 0.6) is 0 Å². The Bertz CT molecular complexity index is 1270. The Balaban J connectivity index is 1.23. The van der Waals surface area contributed by atoms with Gasteiger partial charge < -0.3 is 4.90 Å². The number of piperidine rings is 2. The second-order valence-electron chi connectivity index (χ2n) is 11.9. The fraction of sp³-hybridized carbons (Fsp3) is 0.485.